The van der Waals surface area contributed by atoms with Crippen LogP contribution in [0.1, 0.15) is 5.56 Å². The van der Waals surface area contributed by atoms with Crippen molar-refractivity contribution in [3.05, 3.63) is 48.0 Å². The maximum Gasteiger partial charge on any atom is 0.149 e. The van der Waals surface area contributed by atoms with Crippen molar-refractivity contribution in [2.75, 3.05) is 17.7 Å². The lowest BCUT2D eigenvalue weighted by Crippen LogP contribution is -2.19. The van der Waals surface area contributed by atoms with E-state index < -0.39 is 0 Å². The van der Waals surface area contributed by atoms with Gasteiger partial charge in [-0.05, 0) is 6.07 Å². The first kappa shape index (κ1) is 11.3. The highest BCUT2D eigenvalue weighted by Crippen LogP contribution is 2.14. The first-order valence-corrected chi connectivity index (χ1v) is 5.19. The average Bonchev–Trinajstić information content (AvgIpc) is 2.32. The first-order chi connectivity index (χ1) is 8.16. The molecular formula is C12H13FN4. The molecule has 0 aliphatic rings. The van der Waals surface area contributed by atoms with Crippen LogP contribution in [0.4, 0.5) is 16.0 Å². The molecule has 2 rings (SSSR count). The van der Waals surface area contributed by atoms with Gasteiger partial charge in [0.1, 0.15) is 17.5 Å². The molecule has 0 fully saturated rings. The third-order valence-electron chi connectivity index (χ3n) is 2.40. The first-order valence-electron chi connectivity index (χ1n) is 5.19. The van der Waals surface area contributed by atoms with Crippen LogP contribution in [0.3, 0.4) is 0 Å². The van der Waals surface area contributed by atoms with Crippen LogP contribution in [0, 0.1) is 5.82 Å². The maximum atomic E-state index is 13.5. The highest BCUT2D eigenvalue weighted by molar-refractivity contribution is 5.41. The van der Waals surface area contributed by atoms with Gasteiger partial charge in [0.25, 0.3) is 0 Å². The van der Waals surface area contributed by atoms with E-state index in [0.29, 0.717) is 23.7 Å². The summed E-state index contributed by atoms with van der Waals surface area (Å²) in [6.07, 6.45) is 3.07. The lowest BCUT2D eigenvalue weighted by atomic mass is 10.2. The summed E-state index contributed by atoms with van der Waals surface area (Å²) in [5.41, 5.74) is 6.16. The summed E-state index contributed by atoms with van der Waals surface area (Å²) in [6.45, 7) is 0.421. The Morgan fingerprint density at radius 1 is 1.29 bits per heavy atom. The molecule has 2 aromatic rings. The number of halogens is 1. The highest BCUT2D eigenvalue weighted by atomic mass is 19.1. The Hall–Kier alpha value is -2.17. The minimum absolute atomic E-state index is 0.226. The molecule has 0 aliphatic heterocycles. The van der Waals surface area contributed by atoms with Gasteiger partial charge in [-0.1, -0.05) is 18.2 Å². The zero-order valence-corrected chi connectivity index (χ0v) is 9.47. The Bertz CT molecular complexity index is 515. The van der Waals surface area contributed by atoms with E-state index in [-0.39, 0.29) is 5.82 Å². The molecule has 0 bridgehead atoms. The second kappa shape index (κ2) is 4.78. The predicted molar refractivity (Wildman–Crippen MR) is 65.0 cm³/mol. The van der Waals surface area contributed by atoms with Gasteiger partial charge in [0, 0.05) is 19.2 Å². The van der Waals surface area contributed by atoms with Crippen LogP contribution in [-0.4, -0.2) is 17.0 Å². The summed E-state index contributed by atoms with van der Waals surface area (Å²) in [5.74, 6) is 0.743. The standard InChI is InChI=1S/C12H13FN4/c1-17(12-7-15-6-11(14)16-12)8-9-4-2-3-5-10(9)13/h2-7H,8H2,1H3,(H2,14,16). The summed E-state index contributed by atoms with van der Waals surface area (Å²) in [7, 11) is 1.82. The fraction of sp³-hybridized carbons (Fsp3) is 0.167. The summed E-state index contributed by atoms with van der Waals surface area (Å²) >= 11 is 0. The van der Waals surface area contributed by atoms with Gasteiger partial charge >= 0.3 is 0 Å². The number of rotatable bonds is 3. The van der Waals surface area contributed by atoms with Crippen molar-refractivity contribution in [1.82, 2.24) is 9.97 Å². The number of nitrogen functional groups attached to an aromatic ring is 1. The van der Waals surface area contributed by atoms with Gasteiger partial charge in [-0.15, -0.1) is 0 Å². The molecule has 88 valence electrons. The summed E-state index contributed by atoms with van der Waals surface area (Å²) in [5, 5.41) is 0. The Kier molecular flexibility index (Phi) is 3.18. The number of benzene rings is 1. The summed E-state index contributed by atoms with van der Waals surface area (Å²) in [4.78, 5) is 9.86. The third kappa shape index (κ3) is 2.69. The fourth-order valence-electron chi connectivity index (χ4n) is 1.52. The molecular weight excluding hydrogens is 219 g/mol. The molecule has 5 heteroatoms. The van der Waals surface area contributed by atoms with Gasteiger partial charge in [-0.25, -0.2) is 9.37 Å². The van der Waals surface area contributed by atoms with Crippen molar-refractivity contribution in [3.8, 4) is 0 Å². The molecule has 0 saturated carbocycles. The minimum atomic E-state index is -0.226. The van der Waals surface area contributed by atoms with Crippen LogP contribution in [0.5, 0.6) is 0 Å². The second-order valence-electron chi connectivity index (χ2n) is 3.75. The van der Waals surface area contributed by atoms with Crippen molar-refractivity contribution in [1.29, 1.82) is 0 Å². The van der Waals surface area contributed by atoms with Crippen LogP contribution in [0.15, 0.2) is 36.7 Å². The molecule has 1 aromatic carbocycles. The molecule has 0 aliphatic carbocycles. The number of hydrogen-bond donors (Lipinski definition) is 1. The average molecular weight is 232 g/mol. The zero-order chi connectivity index (χ0) is 12.3. The quantitative estimate of drug-likeness (QED) is 0.877. The highest BCUT2D eigenvalue weighted by Gasteiger charge is 2.07. The third-order valence-corrected chi connectivity index (χ3v) is 2.40. The Labute approximate surface area is 98.9 Å². The number of hydrogen-bond acceptors (Lipinski definition) is 4. The van der Waals surface area contributed by atoms with Crippen molar-refractivity contribution in [2.24, 2.45) is 0 Å². The largest absolute Gasteiger partial charge is 0.382 e. The molecule has 1 aromatic heterocycles. The smallest absolute Gasteiger partial charge is 0.149 e. The number of nitrogens with two attached hydrogens (primary N) is 1. The van der Waals surface area contributed by atoms with Gasteiger partial charge in [-0.3, -0.25) is 4.98 Å². The second-order valence-corrected chi connectivity index (χ2v) is 3.75. The van der Waals surface area contributed by atoms with E-state index in [1.807, 2.05) is 7.05 Å². The predicted octanol–water partition coefficient (Wildman–Crippen LogP) is 1.83. The molecule has 0 amide bonds. The lowest BCUT2D eigenvalue weighted by Gasteiger charge is -2.18. The SMILES string of the molecule is CN(Cc1ccccc1F)c1cncc(N)n1. The summed E-state index contributed by atoms with van der Waals surface area (Å²) in [6, 6.07) is 6.65. The Balaban J connectivity index is 2.17. The fourth-order valence-corrected chi connectivity index (χ4v) is 1.52. The van der Waals surface area contributed by atoms with Crippen molar-refractivity contribution < 1.29 is 4.39 Å². The van der Waals surface area contributed by atoms with E-state index >= 15 is 0 Å². The van der Waals surface area contributed by atoms with Gasteiger partial charge in [-0.2, -0.15) is 0 Å². The van der Waals surface area contributed by atoms with Gasteiger partial charge in [0.15, 0.2) is 0 Å². The zero-order valence-electron chi connectivity index (χ0n) is 9.47. The van der Waals surface area contributed by atoms with Crippen LogP contribution in [-0.2, 0) is 6.54 Å². The van der Waals surface area contributed by atoms with Crippen LogP contribution < -0.4 is 10.6 Å². The molecule has 2 N–H and O–H groups in total. The van der Waals surface area contributed by atoms with Crippen LogP contribution in [0.25, 0.3) is 0 Å². The molecule has 0 unspecified atom stereocenters. The van der Waals surface area contributed by atoms with Crippen molar-refractivity contribution >= 4 is 11.6 Å². The molecule has 1 heterocycles. The molecule has 4 nitrogen and oxygen atoms in total. The van der Waals surface area contributed by atoms with E-state index in [4.69, 9.17) is 5.73 Å². The van der Waals surface area contributed by atoms with Gasteiger partial charge in [0.2, 0.25) is 0 Å². The van der Waals surface area contributed by atoms with E-state index in [0.717, 1.165) is 0 Å². The Morgan fingerprint density at radius 3 is 2.76 bits per heavy atom. The van der Waals surface area contributed by atoms with Crippen molar-refractivity contribution in [3.63, 3.8) is 0 Å². The molecule has 0 radical (unpaired) electrons. The van der Waals surface area contributed by atoms with E-state index in [1.165, 1.54) is 12.3 Å². The Morgan fingerprint density at radius 2 is 2.06 bits per heavy atom. The van der Waals surface area contributed by atoms with E-state index in [1.54, 1.807) is 29.3 Å². The summed E-state index contributed by atoms with van der Waals surface area (Å²) < 4.78 is 13.5. The monoisotopic (exact) mass is 232 g/mol. The molecule has 0 saturated heterocycles. The topological polar surface area (TPSA) is 55.0 Å². The minimum Gasteiger partial charge on any atom is -0.382 e. The van der Waals surface area contributed by atoms with Crippen LogP contribution >= 0.6 is 0 Å². The van der Waals surface area contributed by atoms with Gasteiger partial charge in [0.05, 0.1) is 12.4 Å². The number of aromatic nitrogens is 2. The number of anilines is 2. The lowest BCUT2D eigenvalue weighted by molar-refractivity contribution is 0.607. The van der Waals surface area contributed by atoms with Crippen LogP contribution in [0.2, 0.25) is 0 Å². The maximum absolute atomic E-state index is 13.5. The molecule has 0 spiro atoms. The van der Waals surface area contributed by atoms with E-state index in [9.17, 15) is 4.39 Å². The van der Waals surface area contributed by atoms with Crippen molar-refractivity contribution in [2.45, 2.75) is 6.54 Å². The molecule has 0 atom stereocenters. The van der Waals surface area contributed by atoms with Gasteiger partial charge < -0.3 is 10.6 Å². The normalized spacial score (nSPS) is 10.2. The number of nitrogens with zero attached hydrogens (tertiary/aromatic N) is 3. The molecule has 17 heavy (non-hydrogen) atoms. The van der Waals surface area contributed by atoms with E-state index in [2.05, 4.69) is 9.97 Å².